The minimum absolute atomic E-state index is 0.373. The summed E-state index contributed by atoms with van der Waals surface area (Å²) in [6.07, 6.45) is 4.63. The molecule has 3 nitrogen and oxygen atoms in total. The highest BCUT2D eigenvalue weighted by Gasteiger charge is 2.28. The third kappa shape index (κ3) is 2.35. The summed E-state index contributed by atoms with van der Waals surface area (Å²) in [7, 11) is 1.97. The van der Waals surface area contributed by atoms with Crippen molar-refractivity contribution in [2.45, 2.75) is 38.8 Å². The van der Waals surface area contributed by atoms with E-state index in [1.807, 2.05) is 13.2 Å². The number of rotatable bonds is 5. The molecule has 0 bridgehead atoms. The van der Waals surface area contributed by atoms with Crippen LogP contribution >= 0.6 is 0 Å². The third-order valence-electron chi connectivity index (χ3n) is 3.33. The van der Waals surface area contributed by atoms with Gasteiger partial charge in [-0.15, -0.1) is 0 Å². The predicted octanol–water partition coefficient (Wildman–Crippen LogP) is 2.35. The predicted molar refractivity (Wildman–Crippen MR) is 67.8 cm³/mol. The Labute approximate surface area is 97.9 Å². The van der Waals surface area contributed by atoms with E-state index in [-0.39, 0.29) is 0 Å². The molecule has 16 heavy (non-hydrogen) atoms. The fourth-order valence-electron chi connectivity index (χ4n) is 1.98. The van der Waals surface area contributed by atoms with E-state index in [1.54, 1.807) is 0 Å². The number of anilines is 1. The van der Waals surface area contributed by atoms with Crippen LogP contribution in [0.4, 0.5) is 5.82 Å². The number of pyridine rings is 1. The number of nitrogens with one attached hydrogen (secondary N) is 1. The first-order valence-corrected chi connectivity index (χ1v) is 6.16. The van der Waals surface area contributed by atoms with Crippen molar-refractivity contribution >= 4 is 5.82 Å². The molecule has 1 N–H and O–H groups in total. The van der Waals surface area contributed by atoms with Crippen molar-refractivity contribution in [2.24, 2.45) is 0 Å². The topological polar surface area (TPSA) is 28.2 Å². The summed E-state index contributed by atoms with van der Waals surface area (Å²) in [5.41, 5.74) is 1.25. The first-order chi connectivity index (χ1) is 7.76. The van der Waals surface area contributed by atoms with Gasteiger partial charge in [0.1, 0.15) is 5.82 Å². The van der Waals surface area contributed by atoms with Gasteiger partial charge in [-0.25, -0.2) is 4.98 Å². The van der Waals surface area contributed by atoms with Crippen LogP contribution in [0, 0.1) is 0 Å². The normalized spacial score (nSPS) is 17.2. The molecule has 1 fully saturated rings. The zero-order chi connectivity index (χ0) is 11.5. The second-order valence-electron chi connectivity index (χ2n) is 4.48. The average molecular weight is 219 g/mol. The largest absolute Gasteiger partial charge is 0.354 e. The Kier molecular flexibility index (Phi) is 3.44. The van der Waals surface area contributed by atoms with E-state index in [1.165, 1.54) is 18.4 Å². The Morgan fingerprint density at radius 3 is 2.69 bits per heavy atom. The van der Waals surface area contributed by atoms with E-state index in [4.69, 9.17) is 0 Å². The number of nitrogens with zero attached hydrogens (tertiary/aromatic N) is 2. The summed E-state index contributed by atoms with van der Waals surface area (Å²) >= 11 is 0. The molecule has 1 aromatic heterocycles. The van der Waals surface area contributed by atoms with Gasteiger partial charge in [0, 0.05) is 24.8 Å². The van der Waals surface area contributed by atoms with Crippen molar-refractivity contribution in [1.29, 1.82) is 0 Å². The van der Waals surface area contributed by atoms with E-state index >= 15 is 0 Å². The molecular formula is C13H21N3. The lowest BCUT2D eigenvalue weighted by Crippen LogP contribution is -2.26. The zero-order valence-electron chi connectivity index (χ0n) is 10.4. The monoisotopic (exact) mass is 219 g/mol. The van der Waals surface area contributed by atoms with Crippen molar-refractivity contribution < 1.29 is 0 Å². The van der Waals surface area contributed by atoms with Crippen molar-refractivity contribution in [1.82, 2.24) is 10.3 Å². The average Bonchev–Trinajstić information content (AvgIpc) is 3.14. The van der Waals surface area contributed by atoms with Gasteiger partial charge in [0.15, 0.2) is 0 Å². The lowest BCUT2D eigenvalue weighted by molar-refractivity contribution is 0.649. The number of hydrogen-bond donors (Lipinski definition) is 1. The van der Waals surface area contributed by atoms with Gasteiger partial charge in [0.2, 0.25) is 0 Å². The molecule has 0 saturated heterocycles. The van der Waals surface area contributed by atoms with Crippen LogP contribution in [0.25, 0.3) is 0 Å². The highest BCUT2D eigenvalue weighted by Crippen LogP contribution is 2.30. The second kappa shape index (κ2) is 4.83. The summed E-state index contributed by atoms with van der Waals surface area (Å²) in [5, 5.41) is 3.23. The Hall–Kier alpha value is -1.09. The van der Waals surface area contributed by atoms with Crippen molar-refractivity contribution in [3.05, 3.63) is 23.9 Å². The summed E-state index contributed by atoms with van der Waals surface area (Å²) in [6, 6.07) is 5.43. The van der Waals surface area contributed by atoms with Gasteiger partial charge in [0.05, 0.1) is 0 Å². The molecule has 0 aromatic carbocycles. The van der Waals surface area contributed by atoms with Gasteiger partial charge >= 0.3 is 0 Å². The molecule has 0 spiro atoms. The molecule has 1 aliphatic rings. The fourth-order valence-corrected chi connectivity index (χ4v) is 1.98. The molecule has 0 amide bonds. The first kappa shape index (κ1) is 11.4. The fraction of sp³-hybridized carbons (Fsp3) is 0.615. The van der Waals surface area contributed by atoms with Crippen LogP contribution in [0.15, 0.2) is 18.3 Å². The molecule has 1 aliphatic carbocycles. The Morgan fingerprint density at radius 2 is 2.25 bits per heavy atom. The third-order valence-corrected chi connectivity index (χ3v) is 3.33. The molecule has 3 heteroatoms. The van der Waals surface area contributed by atoms with E-state index in [0.29, 0.717) is 6.04 Å². The Morgan fingerprint density at radius 1 is 1.50 bits per heavy atom. The van der Waals surface area contributed by atoms with Crippen LogP contribution < -0.4 is 10.2 Å². The Bertz CT molecular complexity index is 330. The molecule has 1 atom stereocenters. The number of hydrogen-bond acceptors (Lipinski definition) is 3. The standard InChI is InChI=1S/C13H21N3/c1-4-16(12-6-7-12)13-8-5-11(9-15-13)10(2)14-3/h5,8-10,12,14H,4,6-7H2,1-3H3. The van der Waals surface area contributed by atoms with Crippen LogP contribution in [0.1, 0.15) is 38.3 Å². The second-order valence-corrected chi connectivity index (χ2v) is 4.48. The maximum absolute atomic E-state index is 4.57. The van der Waals surface area contributed by atoms with Crippen LogP contribution in [0.5, 0.6) is 0 Å². The quantitative estimate of drug-likeness (QED) is 0.824. The van der Waals surface area contributed by atoms with Crippen LogP contribution in [0.3, 0.4) is 0 Å². The van der Waals surface area contributed by atoms with Crippen LogP contribution in [-0.4, -0.2) is 24.6 Å². The maximum Gasteiger partial charge on any atom is 0.128 e. The van der Waals surface area contributed by atoms with E-state index < -0.39 is 0 Å². The van der Waals surface area contributed by atoms with Crippen molar-refractivity contribution in [2.75, 3.05) is 18.5 Å². The molecule has 88 valence electrons. The van der Waals surface area contributed by atoms with Gasteiger partial charge in [-0.05, 0) is 45.4 Å². The summed E-state index contributed by atoms with van der Waals surface area (Å²) in [6.45, 7) is 5.40. The maximum atomic E-state index is 4.57. The minimum atomic E-state index is 0.373. The molecule has 1 aromatic rings. The van der Waals surface area contributed by atoms with Gasteiger partial charge in [-0.1, -0.05) is 6.07 Å². The smallest absolute Gasteiger partial charge is 0.128 e. The van der Waals surface area contributed by atoms with E-state index in [0.717, 1.165) is 18.4 Å². The Balaban J connectivity index is 2.11. The van der Waals surface area contributed by atoms with Crippen LogP contribution in [-0.2, 0) is 0 Å². The molecule has 1 saturated carbocycles. The summed E-state index contributed by atoms with van der Waals surface area (Å²) < 4.78 is 0. The highest BCUT2D eigenvalue weighted by molar-refractivity contribution is 5.42. The minimum Gasteiger partial charge on any atom is -0.354 e. The first-order valence-electron chi connectivity index (χ1n) is 6.16. The van der Waals surface area contributed by atoms with Crippen LogP contribution in [0.2, 0.25) is 0 Å². The lowest BCUT2D eigenvalue weighted by atomic mass is 10.1. The lowest BCUT2D eigenvalue weighted by Gasteiger charge is -2.22. The zero-order valence-corrected chi connectivity index (χ0v) is 10.4. The molecule has 0 aliphatic heterocycles. The van der Waals surface area contributed by atoms with Gasteiger partial charge in [0.25, 0.3) is 0 Å². The molecule has 1 unspecified atom stereocenters. The molecule has 1 heterocycles. The highest BCUT2D eigenvalue weighted by atomic mass is 15.2. The van der Waals surface area contributed by atoms with Crippen molar-refractivity contribution in [3.63, 3.8) is 0 Å². The van der Waals surface area contributed by atoms with E-state index in [2.05, 4.69) is 41.2 Å². The van der Waals surface area contributed by atoms with Gasteiger partial charge in [-0.3, -0.25) is 0 Å². The SMILES string of the molecule is CCN(c1ccc(C(C)NC)cn1)C1CC1. The molecule has 0 radical (unpaired) electrons. The van der Waals surface area contributed by atoms with Gasteiger partial charge < -0.3 is 10.2 Å². The van der Waals surface area contributed by atoms with Crippen molar-refractivity contribution in [3.8, 4) is 0 Å². The summed E-state index contributed by atoms with van der Waals surface area (Å²) in [5.74, 6) is 1.12. The van der Waals surface area contributed by atoms with E-state index in [9.17, 15) is 0 Å². The molecular weight excluding hydrogens is 198 g/mol. The summed E-state index contributed by atoms with van der Waals surface area (Å²) in [4.78, 5) is 6.96. The number of aromatic nitrogens is 1. The molecule has 2 rings (SSSR count). The van der Waals surface area contributed by atoms with Gasteiger partial charge in [-0.2, -0.15) is 0 Å².